The van der Waals surface area contributed by atoms with Gasteiger partial charge in [0, 0.05) is 17.8 Å². The third-order valence-electron chi connectivity index (χ3n) is 4.56. The number of ether oxygens (including phenoxy) is 1. The molecule has 0 spiro atoms. The number of anilines is 1. The Balaban J connectivity index is 1.56. The van der Waals surface area contributed by atoms with Gasteiger partial charge in [0.25, 0.3) is 5.91 Å². The van der Waals surface area contributed by atoms with E-state index in [9.17, 15) is 9.59 Å². The van der Waals surface area contributed by atoms with Gasteiger partial charge in [-0.25, -0.2) is 0 Å². The Morgan fingerprint density at radius 2 is 1.88 bits per heavy atom. The Morgan fingerprint density at radius 3 is 2.55 bits per heavy atom. The summed E-state index contributed by atoms with van der Waals surface area (Å²) in [6.45, 7) is 4.28. The average Bonchev–Trinajstić information content (AvgIpc) is 3.14. The largest absolute Gasteiger partial charge is 0.494 e. The predicted molar refractivity (Wildman–Crippen MR) is 130 cm³/mol. The minimum absolute atomic E-state index is 0.153. The van der Waals surface area contributed by atoms with Gasteiger partial charge in [0.1, 0.15) is 5.75 Å². The maximum absolute atomic E-state index is 12.6. The van der Waals surface area contributed by atoms with E-state index in [1.54, 1.807) is 54.9 Å². The first-order chi connectivity index (χ1) is 15.8. The highest BCUT2D eigenvalue weighted by Gasteiger charge is 2.20. The van der Waals surface area contributed by atoms with Crippen molar-refractivity contribution in [1.29, 1.82) is 0 Å². The lowest BCUT2D eigenvalue weighted by Gasteiger charge is -2.14. The van der Waals surface area contributed by atoms with Gasteiger partial charge in [-0.2, -0.15) is 0 Å². The zero-order valence-electron chi connectivity index (χ0n) is 18.3. The van der Waals surface area contributed by atoms with E-state index in [4.69, 9.17) is 27.9 Å². The summed E-state index contributed by atoms with van der Waals surface area (Å²) in [6, 6.07) is 11.4. The minimum Gasteiger partial charge on any atom is -0.494 e. The molecule has 2 aromatic carbocycles. The molecule has 0 aliphatic carbocycles. The number of hydrogen-bond donors (Lipinski definition) is 2. The third-order valence-corrected chi connectivity index (χ3v) is 6.13. The van der Waals surface area contributed by atoms with E-state index in [1.807, 2.05) is 6.92 Å². The van der Waals surface area contributed by atoms with Crippen LogP contribution >= 0.6 is 35.0 Å². The summed E-state index contributed by atoms with van der Waals surface area (Å²) >= 11 is 13.2. The van der Waals surface area contributed by atoms with E-state index < -0.39 is 6.04 Å². The molecular weight excluding hydrogens is 485 g/mol. The average molecular weight is 508 g/mol. The molecule has 11 heteroatoms. The number of rotatable bonds is 9. The van der Waals surface area contributed by atoms with Crippen molar-refractivity contribution in [2.24, 2.45) is 7.05 Å². The number of benzene rings is 2. The quantitative estimate of drug-likeness (QED) is 0.405. The Hall–Kier alpha value is -2.75. The lowest BCUT2D eigenvalue weighted by molar-refractivity contribution is -0.113. The minimum atomic E-state index is -0.436. The molecule has 2 amide bonds. The van der Waals surface area contributed by atoms with Gasteiger partial charge in [-0.15, -0.1) is 10.2 Å². The van der Waals surface area contributed by atoms with E-state index >= 15 is 0 Å². The van der Waals surface area contributed by atoms with Crippen LogP contribution in [0.25, 0.3) is 0 Å². The van der Waals surface area contributed by atoms with Gasteiger partial charge in [-0.3, -0.25) is 9.59 Å². The molecule has 1 aromatic heterocycles. The van der Waals surface area contributed by atoms with Gasteiger partial charge in [-0.05, 0) is 56.3 Å². The van der Waals surface area contributed by atoms with Gasteiger partial charge in [-0.1, -0.05) is 35.0 Å². The maximum atomic E-state index is 12.6. The molecule has 0 aliphatic rings. The number of amides is 2. The van der Waals surface area contributed by atoms with E-state index in [0.29, 0.717) is 33.9 Å². The van der Waals surface area contributed by atoms with E-state index in [2.05, 4.69) is 20.8 Å². The van der Waals surface area contributed by atoms with Gasteiger partial charge < -0.3 is 19.9 Å². The number of halogens is 2. The van der Waals surface area contributed by atoms with Crippen molar-refractivity contribution in [2.75, 3.05) is 17.7 Å². The smallest absolute Gasteiger partial charge is 0.253 e. The molecule has 1 atom stereocenters. The molecular formula is C22H23Cl2N5O3S. The van der Waals surface area contributed by atoms with Crippen LogP contribution in [0.15, 0.2) is 47.6 Å². The van der Waals surface area contributed by atoms with Crippen LogP contribution in [0.2, 0.25) is 10.0 Å². The number of thioether (sulfide) groups is 1. The molecule has 3 rings (SSSR count). The van der Waals surface area contributed by atoms with Crippen molar-refractivity contribution in [1.82, 2.24) is 20.1 Å². The van der Waals surface area contributed by atoms with Crippen molar-refractivity contribution in [2.45, 2.75) is 25.0 Å². The molecule has 0 aliphatic heterocycles. The second-order valence-corrected chi connectivity index (χ2v) is 8.80. The van der Waals surface area contributed by atoms with Crippen molar-refractivity contribution >= 4 is 52.5 Å². The molecule has 33 heavy (non-hydrogen) atoms. The summed E-state index contributed by atoms with van der Waals surface area (Å²) in [7, 11) is 1.78. The number of nitrogens with one attached hydrogen (secondary N) is 2. The molecule has 1 heterocycles. The lowest BCUT2D eigenvalue weighted by Crippen LogP contribution is -2.28. The maximum Gasteiger partial charge on any atom is 0.253 e. The second kappa shape index (κ2) is 11.4. The van der Waals surface area contributed by atoms with E-state index in [0.717, 1.165) is 5.75 Å². The molecule has 2 N–H and O–H groups in total. The van der Waals surface area contributed by atoms with Crippen LogP contribution in [-0.2, 0) is 11.8 Å². The number of carbonyl (C=O) groups is 2. The summed E-state index contributed by atoms with van der Waals surface area (Å²) in [5, 5.41) is 15.3. The van der Waals surface area contributed by atoms with Crippen LogP contribution in [0.5, 0.6) is 5.75 Å². The number of carbonyl (C=O) groups excluding carboxylic acids is 2. The first-order valence-electron chi connectivity index (χ1n) is 10.1. The summed E-state index contributed by atoms with van der Waals surface area (Å²) in [6.07, 6.45) is 0. The first kappa shape index (κ1) is 24.9. The van der Waals surface area contributed by atoms with Crippen LogP contribution in [-0.4, -0.2) is 38.9 Å². The van der Waals surface area contributed by atoms with Crippen LogP contribution in [0, 0.1) is 0 Å². The number of nitrogens with zero attached hydrogens (tertiary/aromatic N) is 3. The molecule has 3 aromatic rings. The van der Waals surface area contributed by atoms with E-state index in [1.165, 1.54) is 17.8 Å². The Labute approximate surface area is 206 Å². The molecule has 0 unspecified atom stereocenters. The Morgan fingerprint density at radius 1 is 1.15 bits per heavy atom. The summed E-state index contributed by atoms with van der Waals surface area (Å²) in [5.74, 6) is 0.919. The first-order valence-corrected chi connectivity index (χ1v) is 11.8. The lowest BCUT2D eigenvalue weighted by atomic mass is 10.2. The highest BCUT2D eigenvalue weighted by Crippen LogP contribution is 2.23. The predicted octanol–water partition coefficient (Wildman–Crippen LogP) is 4.74. The molecule has 0 radical (unpaired) electrons. The fourth-order valence-corrected chi connectivity index (χ4v) is 4.18. The normalized spacial score (nSPS) is 11.7. The number of aromatic nitrogens is 3. The Bertz CT molecular complexity index is 1140. The summed E-state index contributed by atoms with van der Waals surface area (Å²) in [4.78, 5) is 24.9. The fourth-order valence-electron chi connectivity index (χ4n) is 2.97. The zero-order chi connectivity index (χ0) is 24.0. The SMILES string of the molecule is CCOc1ccc(NC(=O)CSc2nnc([C@H](C)NC(=O)c3ccc(Cl)cc3Cl)n2C)cc1. The molecule has 174 valence electrons. The highest BCUT2D eigenvalue weighted by molar-refractivity contribution is 7.99. The molecule has 0 fully saturated rings. The van der Waals surface area contributed by atoms with E-state index in [-0.39, 0.29) is 22.6 Å². The van der Waals surface area contributed by atoms with Gasteiger partial charge in [0.05, 0.1) is 29.0 Å². The van der Waals surface area contributed by atoms with Gasteiger partial charge >= 0.3 is 0 Å². The van der Waals surface area contributed by atoms with Crippen molar-refractivity contribution in [3.05, 3.63) is 63.9 Å². The fraction of sp³-hybridized carbons (Fsp3) is 0.273. The third kappa shape index (κ3) is 6.63. The molecule has 8 nitrogen and oxygen atoms in total. The van der Waals surface area contributed by atoms with Crippen molar-refractivity contribution in [3.63, 3.8) is 0 Å². The Kier molecular flexibility index (Phi) is 8.60. The molecule has 0 bridgehead atoms. The van der Waals surface area contributed by atoms with Crippen LogP contribution in [0.4, 0.5) is 5.69 Å². The van der Waals surface area contributed by atoms with Gasteiger partial charge in [0.2, 0.25) is 5.91 Å². The molecule has 0 saturated heterocycles. The second-order valence-electron chi connectivity index (χ2n) is 7.01. The zero-order valence-corrected chi connectivity index (χ0v) is 20.6. The summed E-state index contributed by atoms with van der Waals surface area (Å²) < 4.78 is 7.13. The topological polar surface area (TPSA) is 98.1 Å². The van der Waals surface area contributed by atoms with Crippen LogP contribution in [0.3, 0.4) is 0 Å². The monoisotopic (exact) mass is 507 g/mol. The van der Waals surface area contributed by atoms with Crippen LogP contribution in [0.1, 0.15) is 36.1 Å². The van der Waals surface area contributed by atoms with Crippen LogP contribution < -0.4 is 15.4 Å². The summed E-state index contributed by atoms with van der Waals surface area (Å²) in [5.41, 5.74) is 0.996. The standard InChI is InChI=1S/C22H23Cl2N5O3S/c1-4-32-16-8-6-15(7-9-16)26-19(30)12-33-22-28-27-20(29(22)3)13(2)25-21(31)17-10-5-14(23)11-18(17)24/h5-11,13H,4,12H2,1-3H3,(H,25,31)(H,26,30)/t13-/m0/s1. The molecule has 0 saturated carbocycles. The number of hydrogen-bond acceptors (Lipinski definition) is 6. The van der Waals surface area contributed by atoms with Crippen molar-refractivity contribution in [3.8, 4) is 5.75 Å². The van der Waals surface area contributed by atoms with Gasteiger partial charge in [0.15, 0.2) is 11.0 Å². The van der Waals surface area contributed by atoms with Crippen molar-refractivity contribution < 1.29 is 14.3 Å². The highest BCUT2D eigenvalue weighted by atomic mass is 35.5.